The van der Waals surface area contributed by atoms with Crippen LogP contribution in [0.25, 0.3) is 11.1 Å². The van der Waals surface area contributed by atoms with Crippen molar-refractivity contribution in [1.82, 2.24) is 5.32 Å². The molecule has 0 bridgehead atoms. The molecule has 1 aliphatic rings. The number of carbonyl (C=O) groups is 3. The van der Waals surface area contributed by atoms with Gasteiger partial charge < -0.3 is 10.4 Å². The summed E-state index contributed by atoms with van der Waals surface area (Å²) in [6.45, 7) is 0. The molecule has 0 aliphatic heterocycles. The van der Waals surface area contributed by atoms with Gasteiger partial charge in [0.15, 0.2) is 0 Å². The van der Waals surface area contributed by atoms with Crippen LogP contribution in [0.1, 0.15) is 36.0 Å². The number of hydrogen-bond acceptors (Lipinski definition) is 3. The molecule has 2 N–H and O–H groups in total. The highest BCUT2D eigenvalue weighted by Crippen LogP contribution is 2.25. The molecule has 1 aliphatic carbocycles. The van der Waals surface area contributed by atoms with Gasteiger partial charge in [0.1, 0.15) is 11.8 Å². The number of nitrogens with one attached hydrogen (secondary N) is 1. The molecule has 2 atom stereocenters. The Morgan fingerprint density at radius 1 is 1.00 bits per heavy atom. The van der Waals surface area contributed by atoms with Gasteiger partial charge in [0, 0.05) is 18.4 Å². The summed E-state index contributed by atoms with van der Waals surface area (Å²) < 4.78 is 0. The van der Waals surface area contributed by atoms with Gasteiger partial charge in [0.25, 0.3) is 5.91 Å². The van der Waals surface area contributed by atoms with Crippen LogP contribution in [0.3, 0.4) is 0 Å². The molecule has 0 radical (unpaired) electrons. The second kappa shape index (κ2) is 7.95. The lowest BCUT2D eigenvalue weighted by Crippen LogP contribution is -2.47. The number of ketones is 1. The standard InChI is InChI=1S/C21H21NO4/c23-18-8-4-7-17(13-18)19(21(25)26)22-20(24)16-11-9-15(10-12-16)14-5-2-1-3-6-14/h1-3,5-6,9-12,17,19H,4,7-8,13H2,(H,22,24)(H,25,26)/t17-,19+/m1/s1. The van der Waals surface area contributed by atoms with Gasteiger partial charge >= 0.3 is 5.97 Å². The van der Waals surface area contributed by atoms with E-state index in [1.54, 1.807) is 12.1 Å². The molecule has 5 nitrogen and oxygen atoms in total. The number of rotatable bonds is 5. The Balaban J connectivity index is 1.71. The molecule has 5 heteroatoms. The van der Waals surface area contributed by atoms with Gasteiger partial charge in [0.2, 0.25) is 0 Å². The molecular weight excluding hydrogens is 330 g/mol. The van der Waals surface area contributed by atoms with Crippen molar-refractivity contribution < 1.29 is 19.5 Å². The number of carboxylic acid groups (broad SMARTS) is 1. The van der Waals surface area contributed by atoms with Crippen LogP contribution in [0.5, 0.6) is 0 Å². The van der Waals surface area contributed by atoms with E-state index < -0.39 is 17.9 Å². The van der Waals surface area contributed by atoms with Crippen molar-refractivity contribution in [3.8, 4) is 11.1 Å². The number of hydrogen-bond donors (Lipinski definition) is 2. The Bertz CT molecular complexity index is 799. The zero-order valence-electron chi connectivity index (χ0n) is 14.4. The summed E-state index contributed by atoms with van der Waals surface area (Å²) in [5.41, 5.74) is 2.43. The second-order valence-corrected chi connectivity index (χ2v) is 6.63. The third kappa shape index (κ3) is 4.17. The van der Waals surface area contributed by atoms with Gasteiger partial charge in [-0.1, -0.05) is 42.5 Å². The lowest BCUT2D eigenvalue weighted by atomic mass is 9.83. The molecule has 0 unspecified atom stereocenters. The van der Waals surface area contributed by atoms with E-state index in [0.717, 1.165) is 11.1 Å². The maximum absolute atomic E-state index is 12.5. The quantitative estimate of drug-likeness (QED) is 0.866. The Hall–Kier alpha value is -2.95. The predicted molar refractivity (Wildman–Crippen MR) is 97.7 cm³/mol. The highest BCUT2D eigenvalue weighted by atomic mass is 16.4. The number of carbonyl (C=O) groups excluding carboxylic acids is 2. The molecule has 1 fully saturated rings. The van der Waals surface area contributed by atoms with Crippen LogP contribution in [0.2, 0.25) is 0 Å². The van der Waals surface area contributed by atoms with Crippen molar-refractivity contribution in [3.63, 3.8) is 0 Å². The monoisotopic (exact) mass is 351 g/mol. The Morgan fingerprint density at radius 3 is 2.27 bits per heavy atom. The van der Waals surface area contributed by atoms with E-state index in [4.69, 9.17) is 0 Å². The molecule has 2 aromatic carbocycles. The minimum Gasteiger partial charge on any atom is -0.480 e. The first-order valence-corrected chi connectivity index (χ1v) is 8.75. The Kier molecular flexibility index (Phi) is 5.46. The molecule has 0 saturated heterocycles. The lowest BCUT2D eigenvalue weighted by molar-refractivity contribution is -0.141. The maximum atomic E-state index is 12.5. The molecule has 0 aromatic heterocycles. The zero-order chi connectivity index (χ0) is 18.5. The van der Waals surface area contributed by atoms with Gasteiger partial charge in [-0.05, 0) is 42.0 Å². The summed E-state index contributed by atoms with van der Waals surface area (Å²) in [7, 11) is 0. The third-order valence-electron chi connectivity index (χ3n) is 4.80. The third-order valence-corrected chi connectivity index (χ3v) is 4.80. The Morgan fingerprint density at radius 2 is 1.65 bits per heavy atom. The van der Waals surface area contributed by atoms with Gasteiger partial charge in [-0.25, -0.2) is 4.79 Å². The van der Waals surface area contributed by atoms with E-state index in [0.29, 0.717) is 24.8 Å². The smallest absolute Gasteiger partial charge is 0.326 e. The van der Waals surface area contributed by atoms with Crippen LogP contribution in [0, 0.1) is 5.92 Å². The minimum absolute atomic E-state index is 0.0639. The molecule has 26 heavy (non-hydrogen) atoms. The van der Waals surface area contributed by atoms with Crippen molar-refractivity contribution in [3.05, 3.63) is 60.2 Å². The van der Waals surface area contributed by atoms with Crippen molar-refractivity contribution >= 4 is 17.7 Å². The fourth-order valence-corrected chi connectivity index (χ4v) is 3.39. The maximum Gasteiger partial charge on any atom is 0.326 e. The molecule has 0 heterocycles. The van der Waals surface area contributed by atoms with Crippen LogP contribution >= 0.6 is 0 Å². The van der Waals surface area contributed by atoms with E-state index in [-0.39, 0.29) is 18.1 Å². The molecule has 3 rings (SSSR count). The van der Waals surface area contributed by atoms with Gasteiger partial charge in [-0.2, -0.15) is 0 Å². The fourth-order valence-electron chi connectivity index (χ4n) is 3.39. The number of aliphatic carboxylic acids is 1. The first-order valence-electron chi connectivity index (χ1n) is 8.75. The highest BCUT2D eigenvalue weighted by Gasteiger charge is 2.33. The fraction of sp³-hybridized carbons (Fsp3) is 0.286. The summed E-state index contributed by atoms with van der Waals surface area (Å²) in [6.07, 6.45) is 2.02. The van der Waals surface area contributed by atoms with Crippen LogP contribution in [-0.4, -0.2) is 28.8 Å². The minimum atomic E-state index is -1.10. The van der Waals surface area contributed by atoms with Crippen LogP contribution < -0.4 is 5.32 Å². The van der Waals surface area contributed by atoms with E-state index >= 15 is 0 Å². The van der Waals surface area contributed by atoms with Crippen LogP contribution in [0.4, 0.5) is 0 Å². The van der Waals surface area contributed by atoms with E-state index in [1.807, 2.05) is 42.5 Å². The summed E-state index contributed by atoms with van der Waals surface area (Å²) >= 11 is 0. The zero-order valence-corrected chi connectivity index (χ0v) is 14.4. The summed E-state index contributed by atoms with van der Waals surface area (Å²) in [4.78, 5) is 35.7. The van der Waals surface area contributed by atoms with E-state index in [9.17, 15) is 19.5 Å². The molecule has 1 saturated carbocycles. The average Bonchev–Trinajstić information content (AvgIpc) is 2.66. The predicted octanol–water partition coefficient (Wildman–Crippen LogP) is 3.30. The Labute approximate surface area is 152 Å². The molecule has 1 amide bonds. The largest absolute Gasteiger partial charge is 0.480 e. The molecule has 0 spiro atoms. The lowest BCUT2D eigenvalue weighted by Gasteiger charge is -2.27. The topological polar surface area (TPSA) is 83.5 Å². The summed E-state index contributed by atoms with van der Waals surface area (Å²) in [6, 6.07) is 15.8. The first-order chi connectivity index (χ1) is 12.5. The number of amides is 1. The van der Waals surface area contributed by atoms with E-state index in [1.165, 1.54) is 0 Å². The van der Waals surface area contributed by atoms with Crippen molar-refractivity contribution in [2.24, 2.45) is 5.92 Å². The average molecular weight is 351 g/mol. The number of benzene rings is 2. The number of Topliss-reactive ketones (excluding diaryl/α,β-unsaturated/α-hetero) is 1. The molecule has 2 aromatic rings. The molecule has 134 valence electrons. The highest BCUT2D eigenvalue weighted by molar-refractivity contribution is 5.97. The van der Waals surface area contributed by atoms with Gasteiger partial charge in [0.05, 0.1) is 0 Å². The van der Waals surface area contributed by atoms with Crippen molar-refractivity contribution in [1.29, 1.82) is 0 Å². The number of carboxylic acids is 1. The SMILES string of the molecule is O=C1CCC[C@@H]([C@H](NC(=O)c2ccc(-c3ccccc3)cc2)C(=O)O)C1. The summed E-state index contributed by atoms with van der Waals surface area (Å²) in [5.74, 6) is -1.82. The second-order valence-electron chi connectivity index (χ2n) is 6.63. The first kappa shape index (κ1) is 17.9. The van der Waals surface area contributed by atoms with E-state index in [2.05, 4.69) is 5.32 Å². The van der Waals surface area contributed by atoms with Crippen LogP contribution in [0.15, 0.2) is 54.6 Å². The van der Waals surface area contributed by atoms with Crippen LogP contribution in [-0.2, 0) is 9.59 Å². The van der Waals surface area contributed by atoms with Crippen molar-refractivity contribution in [2.45, 2.75) is 31.7 Å². The normalized spacial score (nSPS) is 18.2. The summed E-state index contributed by atoms with van der Waals surface area (Å²) in [5, 5.41) is 12.1. The molecular formula is C21H21NO4. The van der Waals surface area contributed by atoms with Gasteiger partial charge in [-0.15, -0.1) is 0 Å². The van der Waals surface area contributed by atoms with Crippen molar-refractivity contribution in [2.75, 3.05) is 0 Å². The van der Waals surface area contributed by atoms with Gasteiger partial charge in [-0.3, -0.25) is 9.59 Å².